The van der Waals surface area contributed by atoms with Crippen molar-refractivity contribution in [3.05, 3.63) is 24.0 Å². The zero-order chi connectivity index (χ0) is 20.5. The first-order chi connectivity index (χ1) is 14.4. The van der Waals surface area contributed by atoms with Crippen LogP contribution in [0.4, 0.5) is 0 Å². The number of pyridine rings is 1. The van der Waals surface area contributed by atoms with Crippen LogP contribution < -0.4 is 10.9 Å². The second-order valence-corrected chi connectivity index (χ2v) is 10.7. The minimum atomic E-state index is -0.444. The van der Waals surface area contributed by atoms with Gasteiger partial charge in [0.1, 0.15) is 5.65 Å². The minimum absolute atomic E-state index is 0.268. The molecule has 1 radical (unpaired) electrons. The van der Waals surface area contributed by atoms with Crippen molar-refractivity contribution < 1.29 is 9.76 Å². The van der Waals surface area contributed by atoms with Crippen molar-refractivity contribution in [1.82, 2.24) is 15.4 Å². The fraction of sp³-hybridized carbons (Fsp3) is 0.652. The highest BCUT2D eigenvalue weighted by atomic mass is 16.5. The summed E-state index contributed by atoms with van der Waals surface area (Å²) in [4.78, 5) is 7.89. The average molecular weight is 405 g/mol. The number of aromatic amines is 1. The number of aromatic nitrogens is 2. The molecular weight excluding hydrogens is 375 g/mol. The van der Waals surface area contributed by atoms with E-state index in [-0.39, 0.29) is 5.60 Å². The van der Waals surface area contributed by atoms with Gasteiger partial charge in [-0.1, -0.05) is 0 Å². The van der Waals surface area contributed by atoms with Crippen LogP contribution in [0.25, 0.3) is 11.0 Å². The summed E-state index contributed by atoms with van der Waals surface area (Å²) in [7, 11) is 1.89. The molecule has 4 fully saturated rings. The van der Waals surface area contributed by atoms with Crippen molar-refractivity contribution in [1.29, 1.82) is 0 Å². The number of fused-ring (bicyclic) bond motifs is 3. The van der Waals surface area contributed by atoms with Gasteiger partial charge in [0.05, 0.1) is 11.3 Å². The van der Waals surface area contributed by atoms with Crippen molar-refractivity contribution in [2.24, 2.45) is 28.8 Å². The highest BCUT2D eigenvalue weighted by Gasteiger charge is 2.56. The average Bonchev–Trinajstić information content (AvgIpc) is 3.15. The molecule has 2 aromatic heterocycles. The fourth-order valence-corrected chi connectivity index (χ4v) is 6.90. The lowest BCUT2D eigenvalue weighted by molar-refractivity contribution is -0.137. The Morgan fingerprint density at radius 1 is 1.20 bits per heavy atom. The quantitative estimate of drug-likeness (QED) is 0.637. The van der Waals surface area contributed by atoms with Crippen LogP contribution in [-0.4, -0.2) is 46.0 Å². The van der Waals surface area contributed by atoms with E-state index in [1.54, 1.807) is 0 Å². The van der Waals surface area contributed by atoms with Crippen molar-refractivity contribution in [3.63, 3.8) is 0 Å². The summed E-state index contributed by atoms with van der Waals surface area (Å²) in [6.07, 6.45) is 9.98. The lowest BCUT2D eigenvalue weighted by Crippen LogP contribution is -2.57. The molecular formula is C23H30BN4O2. The van der Waals surface area contributed by atoms with E-state index in [0.29, 0.717) is 23.7 Å². The molecule has 5 aliphatic rings. The van der Waals surface area contributed by atoms with Crippen molar-refractivity contribution in [2.75, 3.05) is 6.54 Å². The molecule has 4 bridgehead atoms. The first-order valence-corrected chi connectivity index (χ1v) is 11.4. The maximum Gasteiger partial charge on any atom is 0.333 e. The summed E-state index contributed by atoms with van der Waals surface area (Å²) in [5.74, 6) is 2.04. The van der Waals surface area contributed by atoms with E-state index in [2.05, 4.69) is 35.3 Å². The zero-order valence-corrected chi connectivity index (χ0v) is 17.8. The molecule has 2 unspecified atom stereocenters. The van der Waals surface area contributed by atoms with Crippen LogP contribution in [0, 0.1) is 23.7 Å². The first kappa shape index (κ1) is 18.9. The Morgan fingerprint density at radius 2 is 2.00 bits per heavy atom. The fourth-order valence-electron chi connectivity index (χ4n) is 6.90. The van der Waals surface area contributed by atoms with Gasteiger partial charge >= 0.3 is 7.48 Å². The zero-order valence-electron chi connectivity index (χ0n) is 17.8. The van der Waals surface area contributed by atoms with Gasteiger partial charge in [-0.15, -0.1) is 0 Å². The molecule has 2 atom stereocenters. The molecule has 7 heteroatoms. The molecule has 30 heavy (non-hydrogen) atoms. The highest BCUT2D eigenvalue weighted by Crippen LogP contribution is 2.59. The van der Waals surface area contributed by atoms with Crippen LogP contribution in [0.5, 0.6) is 0 Å². The summed E-state index contributed by atoms with van der Waals surface area (Å²) in [6.45, 7) is 4.99. The third kappa shape index (κ3) is 3.01. The number of hydrogen-bond donors (Lipinski definition) is 3. The van der Waals surface area contributed by atoms with Gasteiger partial charge in [-0.05, 0) is 81.7 Å². The van der Waals surface area contributed by atoms with Gasteiger partial charge in [0, 0.05) is 41.4 Å². The number of aliphatic hydroxyl groups is 1. The molecule has 0 spiro atoms. The molecule has 3 heterocycles. The van der Waals surface area contributed by atoms with Crippen LogP contribution in [0.2, 0.25) is 0 Å². The summed E-state index contributed by atoms with van der Waals surface area (Å²) < 4.78 is 6.22. The number of H-pyrrole nitrogens is 1. The van der Waals surface area contributed by atoms with E-state index in [1.807, 2.05) is 19.9 Å². The van der Waals surface area contributed by atoms with Gasteiger partial charge in [-0.2, -0.15) is 5.10 Å². The van der Waals surface area contributed by atoms with Gasteiger partial charge < -0.3 is 20.2 Å². The Morgan fingerprint density at radius 3 is 2.77 bits per heavy atom. The predicted molar refractivity (Wildman–Crippen MR) is 118 cm³/mol. The molecule has 3 N–H and O–H groups in total. The first-order valence-electron chi connectivity index (χ1n) is 11.4. The predicted octanol–water partition coefficient (Wildman–Crippen LogP) is 2.49. The van der Waals surface area contributed by atoms with Gasteiger partial charge in [0.25, 0.3) is 0 Å². The molecule has 2 aromatic rings. The molecule has 7 rings (SSSR count). The largest absolute Gasteiger partial charge is 0.429 e. The number of nitrogens with zero attached hydrogens (tertiary/aromatic N) is 2. The second-order valence-electron chi connectivity index (χ2n) is 10.7. The van der Waals surface area contributed by atoms with Crippen LogP contribution in [-0.2, 0) is 4.65 Å². The lowest BCUT2D eigenvalue weighted by Gasteiger charge is -2.58. The lowest BCUT2D eigenvalue weighted by atomic mass is 9.49. The van der Waals surface area contributed by atoms with Gasteiger partial charge in [-0.25, -0.2) is 4.98 Å². The Bertz CT molecular complexity index is 1000. The molecule has 1 aliphatic heterocycles. The maximum absolute atomic E-state index is 11.1. The van der Waals surface area contributed by atoms with E-state index < -0.39 is 5.60 Å². The van der Waals surface area contributed by atoms with E-state index in [0.717, 1.165) is 60.0 Å². The minimum Gasteiger partial charge on any atom is -0.429 e. The number of nitrogens with one attached hydrogen (secondary N) is 2. The Balaban J connectivity index is 1.49. The van der Waals surface area contributed by atoms with E-state index in [1.165, 1.54) is 12.8 Å². The highest BCUT2D eigenvalue weighted by molar-refractivity contribution is 6.50. The van der Waals surface area contributed by atoms with Crippen molar-refractivity contribution >= 4 is 29.7 Å². The molecule has 6 nitrogen and oxygen atoms in total. The van der Waals surface area contributed by atoms with E-state index in [9.17, 15) is 5.11 Å². The molecule has 4 saturated carbocycles. The van der Waals surface area contributed by atoms with Crippen molar-refractivity contribution in [2.45, 2.75) is 63.6 Å². The normalized spacial score (nSPS) is 39.0. The van der Waals surface area contributed by atoms with Gasteiger partial charge in [-0.3, -0.25) is 0 Å². The Kier molecular flexibility index (Phi) is 4.13. The summed E-state index contributed by atoms with van der Waals surface area (Å²) in [5, 5.41) is 17.3. The van der Waals surface area contributed by atoms with Gasteiger partial charge in [0.2, 0.25) is 0 Å². The third-order valence-corrected chi connectivity index (χ3v) is 7.97. The standard InChI is InChI=1S/C23H30BN4O2/c1-22(2)4-6-27-28-20(18-14-7-13-8-15(18)11-23(29,9-13)10-14)19-16-3-5-25-21(16)26-12-17(19)24-30-22/h3,5,12-15,18,27,29H,4,6-11H2,1-2H3,(H,25,26)/b28-20-. The molecule has 0 aromatic carbocycles. The summed E-state index contributed by atoms with van der Waals surface area (Å²) in [6, 6.07) is 2.10. The SMILES string of the molecule is CC1(C)CCN/N=C(/C2C3CC4CC2CC(O)(C4)C3)c2c(cnc3[nH]ccc23)[B]O1. The summed E-state index contributed by atoms with van der Waals surface area (Å²) in [5.41, 5.74) is 6.81. The molecule has 157 valence electrons. The Hall–Kier alpha value is -1.86. The summed E-state index contributed by atoms with van der Waals surface area (Å²) >= 11 is 0. The van der Waals surface area contributed by atoms with Crippen molar-refractivity contribution in [3.8, 4) is 0 Å². The van der Waals surface area contributed by atoms with Gasteiger partial charge in [0.15, 0.2) is 0 Å². The second kappa shape index (κ2) is 6.57. The van der Waals surface area contributed by atoms with Crippen LogP contribution in [0.1, 0.15) is 57.9 Å². The van der Waals surface area contributed by atoms with Crippen LogP contribution in [0.3, 0.4) is 0 Å². The number of hydrogen-bond acceptors (Lipinski definition) is 5. The van der Waals surface area contributed by atoms with E-state index in [4.69, 9.17) is 9.76 Å². The molecule has 0 saturated heterocycles. The molecule has 4 aliphatic carbocycles. The number of hydrazone groups is 1. The van der Waals surface area contributed by atoms with Crippen LogP contribution in [0.15, 0.2) is 23.6 Å². The monoisotopic (exact) mass is 405 g/mol. The maximum atomic E-state index is 11.1. The molecule has 0 amide bonds. The third-order valence-electron chi connectivity index (χ3n) is 7.97. The van der Waals surface area contributed by atoms with E-state index >= 15 is 0 Å². The smallest absolute Gasteiger partial charge is 0.333 e. The topological polar surface area (TPSA) is 82.5 Å². The number of rotatable bonds is 1. The Labute approximate surface area is 178 Å². The van der Waals surface area contributed by atoms with Crippen LogP contribution >= 0.6 is 0 Å².